The third kappa shape index (κ3) is 9.09. The Balaban J connectivity index is 0.00000341. The van der Waals surface area contributed by atoms with E-state index in [1.165, 1.54) is 0 Å². The molecule has 0 fully saturated rings. The fourth-order valence-corrected chi connectivity index (χ4v) is 2.84. The molecule has 1 atom stereocenters. The molecule has 164 valence electrons. The highest BCUT2D eigenvalue weighted by atomic mass is 35.5. The first-order valence-electron chi connectivity index (χ1n) is 9.98. The molecule has 0 saturated carbocycles. The molecule has 6 nitrogen and oxygen atoms in total. The van der Waals surface area contributed by atoms with E-state index < -0.39 is 6.10 Å². The summed E-state index contributed by atoms with van der Waals surface area (Å²) in [6, 6.07) is 26.2. The molecule has 7 heteroatoms. The number of ether oxygens (including phenoxy) is 1. The van der Waals surface area contributed by atoms with Crippen molar-refractivity contribution in [1.29, 1.82) is 0 Å². The Morgan fingerprint density at radius 1 is 0.839 bits per heavy atom. The molecule has 3 aromatic carbocycles. The molecule has 0 bridgehead atoms. The van der Waals surface area contributed by atoms with E-state index in [0.717, 1.165) is 35.7 Å². The average Bonchev–Trinajstić information content (AvgIpc) is 2.78. The Morgan fingerprint density at radius 2 is 1.42 bits per heavy atom. The molecule has 3 aromatic rings. The summed E-state index contributed by atoms with van der Waals surface area (Å²) >= 11 is 0. The van der Waals surface area contributed by atoms with Gasteiger partial charge in [0.1, 0.15) is 18.5 Å². The highest BCUT2D eigenvalue weighted by molar-refractivity contribution is 5.99. The molecule has 0 aliphatic rings. The second-order valence-corrected chi connectivity index (χ2v) is 6.87. The quantitative estimate of drug-likeness (QED) is 0.353. The van der Waals surface area contributed by atoms with Gasteiger partial charge < -0.3 is 25.8 Å². The van der Waals surface area contributed by atoms with E-state index in [2.05, 4.69) is 16.0 Å². The van der Waals surface area contributed by atoms with Crippen LogP contribution in [0.3, 0.4) is 0 Å². The second kappa shape index (κ2) is 13.3. The average molecular weight is 442 g/mol. The molecule has 31 heavy (non-hydrogen) atoms. The molecular weight excluding hydrogens is 414 g/mol. The van der Waals surface area contributed by atoms with Crippen molar-refractivity contribution >= 4 is 29.8 Å². The zero-order valence-corrected chi connectivity index (χ0v) is 18.0. The van der Waals surface area contributed by atoms with Gasteiger partial charge in [0.2, 0.25) is 0 Å². The van der Waals surface area contributed by atoms with Gasteiger partial charge in [-0.1, -0.05) is 48.5 Å². The minimum atomic E-state index is -0.570. The predicted octanol–water partition coefficient (Wildman–Crippen LogP) is 4.32. The topological polar surface area (TPSA) is 82.6 Å². The maximum Gasteiger partial charge on any atom is 0.323 e. The van der Waals surface area contributed by atoms with Gasteiger partial charge in [-0.2, -0.15) is 0 Å². The fourth-order valence-electron chi connectivity index (χ4n) is 2.84. The number of hydrogen-bond acceptors (Lipinski definition) is 4. The van der Waals surface area contributed by atoms with E-state index in [0.29, 0.717) is 6.54 Å². The van der Waals surface area contributed by atoms with Gasteiger partial charge in [-0.05, 0) is 54.9 Å². The van der Waals surface area contributed by atoms with E-state index in [1.54, 1.807) is 0 Å². The molecule has 0 aliphatic heterocycles. The van der Waals surface area contributed by atoms with Crippen LogP contribution in [-0.4, -0.2) is 36.9 Å². The first kappa shape index (κ1) is 24.2. The number of aliphatic hydroxyl groups excluding tert-OH is 1. The van der Waals surface area contributed by atoms with Gasteiger partial charge in [0.25, 0.3) is 0 Å². The maximum absolute atomic E-state index is 12.0. The molecule has 0 saturated heterocycles. The SMILES string of the molecule is Cl.O=C(Nc1ccccc1)Nc1ccc(CCNC[C@H](O)COc2ccccc2)cc1. The van der Waals surface area contributed by atoms with Crippen LogP contribution in [0.25, 0.3) is 0 Å². The Kier molecular flexibility index (Phi) is 10.4. The zero-order valence-electron chi connectivity index (χ0n) is 17.2. The fraction of sp³-hybridized carbons (Fsp3) is 0.208. The lowest BCUT2D eigenvalue weighted by atomic mass is 10.1. The highest BCUT2D eigenvalue weighted by Gasteiger charge is 2.05. The number of rotatable bonds is 10. The summed E-state index contributed by atoms with van der Waals surface area (Å²) in [5.74, 6) is 0.752. The Bertz CT molecular complexity index is 893. The van der Waals surface area contributed by atoms with Crippen molar-refractivity contribution < 1.29 is 14.6 Å². The van der Waals surface area contributed by atoms with E-state index in [9.17, 15) is 9.90 Å². The number of carbonyl (C=O) groups excluding carboxylic acids is 1. The molecular formula is C24H28ClN3O3. The van der Waals surface area contributed by atoms with Crippen LogP contribution in [-0.2, 0) is 6.42 Å². The summed E-state index contributed by atoms with van der Waals surface area (Å²) in [6.07, 6.45) is 0.253. The van der Waals surface area contributed by atoms with Crippen LogP contribution in [0.2, 0.25) is 0 Å². The zero-order chi connectivity index (χ0) is 21.0. The van der Waals surface area contributed by atoms with Crippen molar-refractivity contribution in [3.8, 4) is 5.75 Å². The van der Waals surface area contributed by atoms with Crippen LogP contribution in [0.5, 0.6) is 5.75 Å². The summed E-state index contributed by atoms with van der Waals surface area (Å²) in [5.41, 5.74) is 2.62. The first-order valence-corrected chi connectivity index (χ1v) is 9.98. The van der Waals surface area contributed by atoms with Crippen molar-refractivity contribution in [2.24, 2.45) is 0 Å². The van der Waals surface area contributed by atoms with E-state index >= 15 is 0 Å². The molecule has 0 radical (unpaired) electrons. The highest BCUT2D eigenvalue weighted by Crippen LogP contribution is 2.12. The number of benzene rings is 3. The van der Waals surface area contributed by atoms with Crippen LogP contribution >= 0.6 is 12.4 Å². The predicted molar refractivity (Wildman–Crippen MR) is 127 cm³/mol. The smallest absolute Gasteiger partial charge is 0.323 e. The first-order chi connectivity index (χ1) is 14.7. The third-order valence-corrected chi connectivity index (χ3v) is 4.40. The summed E-state index contributed by atoms with van der Waals surface area (Å²) in [7, 11) is 0. The van der Waals surface area contributed by atoms with Crippen molar-refractivity contribution in [1.82, 2.24) is 5.32 Å². The van der Waals surface area contributed by atoms with Crippen molar-refractivity contribution in [2.75, 3.05) is 30.3 Å². The van der Waals surface area contributed by atoms with Gasteiger partial charge in [-0.25, -0.2) is 4.79 Å². The monoisotopic (exact) mass is 441 g/mol. The molecule has 0 heterocycles. The number of carbonyl (C=O) groups is 1. The van der Waals surface area contributed by atoms with Gasteiger partial charge in [0.05, 0.1) is 0 Å². The number of anilines is 2. The molecule has 4 N–H and O–H groups in total. The van der Waals surface area contributed by atoms with Gasteiger partial charge in [-0.3, -0.25) is 0 Å². The maximum atomic E-state index is 12.0. The van der Waals surface area contributed by atoms with Gasteiger partial charge in [0.15, 0.2) is 0 Å². The normalized spacial score (nSPS) is 11.1. The number of urea groups is 1. The van der Waals surface area contributed by atoms with Crippen molar-refractivity contribution in [3.05, 3.63) is 90.5 Å². The molecule has 0 unspecified atom stereocenters. The van der Waals surface area contributed by atoms with Crippen molar-refractivity contribution in [2.45, 2.75) is 12.5 Å². The van der Waals surface area contributed by atoms with Crippen LogP contribution in [0.1, 0.15) is 5.56 Å². The Labute approximate surface area is 189 Å². The van der Waals surface area contributed by atoms with E-state index in [-0.39, 0.29) is 25.0 Å². The van der Waals surface area contributed by atoms with Gasteiger partial charge in [-0.15, -0.1) is 12.4 Å². The minimum absolute atomic E-state index is 0. The molecule has 3 rings (SSSR count). The number of amides is 2. The van der Waals surface area contributed by atoms with E-state index in [4.69, 9.17) is 4.74 Å². The Hall–Kier alpha value is -3.06. The lowest BCUT2D eigenvalue weighted by Gasteiger charge is -2.13. The van der Waals surface area contributed by atoms with Gasteiger partial charge >= 0.3 is 6.03 Å². The largest absolute Gasteiger partial charge is 0.491 e. The van der Waals surface area contributed by atoms with E-state index in [1.807, 2.05) is 84.9 Å². The lowest BCUT2D eigenvalue weighted by molar-refractivity contribution is 0.106. The summed E-state index contributed by atoms with van der Waals surface area (Å²) < 4.78 is 5.54. The van der Waals surface area contributed by atoms with Crippen LogP contribution in [0.15, 0.2) is 84.9 Å². The minimum Gasteiger partial charge on any atom is -0.491 e. The number of hydrogen-bond donors (Lipinski definition) is 4. The number of nitrogens with one attached hydrogen (secondary N) is 3. The number of halogens is 1. The summed E-state index contributed by atoms with van der Waals surface area (Å²) in [5, 5.41) is 18.8. The standard InChI is InChI=1S/C24H27N3O3.ClH/c28-22(18-30-23-9-5-2-6-10-23)17-25-16-15-19-11-13-21(14-12-19)27-24(29)26-20-7-3-1-4-8-20;/h1-14,22,25,28H,15-18H2,(H2,26,27,29);1H/t22-;/m0./s1. The molecule has 0 aliphatic carbocycles. The molecule has 0 spiro atoms. The Morgan fingerprint density at radius 3 is 2.06 bits per heavy atom. The molecule has 0 aromatic heterocycles. The van der Waals surface area contributed by atoms with Crippen molar-refractivity contribution in [3.63, 3.8) is 0 Å². The summed E-state index contributed by atoms with van der Waals surface area (Å²) in [4.78, 5) is 12.0. The number of para-hydroxylation sites is 2. The second-order valence-electron chi connectivity index (χ2n) is 6.87. The van der Waals surface area contributed by atoms with Gasteiger partial charge in [0, 0.05) is 17.9 Å². The van der Waals surface area contributed by atoms with Crippen LogP contribution in [0, 0.1) is 0 Å². The summed E-state index contributed by atoms with van der Waals surface area (Å²) in [6.45, 7) is 1.46. The van der Waals surface area contributed by atoms with Crippen LogP contribution in [0.4, 0.5) is 16.2 Å². The number of aliphatic hydroxyl groups is 1. The lowest BCUT2D eigenvalue weighted by Crippen LogP contribution is -2.32. The van der Waals surface area contributed by atoms with Crippen LogP contribution < -0.4 is 20.7 Å². The third-order valence-electron chi connectivity index (χ3n) is 4.40. The molecule has 2 amide bonds.